The van der Waals surface area contributed by atoms with E-state index in [1.807, 2.05) is 0 Å². The van der Waals surface area contributed by atoms with Gasteiger partial charge in [-0.1, -0.05) is 23.6 Å². The number of H-pyrrole nitrogens is 1. The monoisotopic (exact) mass is 805 g/mol. The number of nitrogens with one attached hydrogen (secondary N) is 3. The third-order valence-electron chi connectivity index (χ3n) is 9.15. The lowest BCUT2D eigenvalue weighted by Crippen LogP contribution is -2.35. The van der Waals surface area contributed by atoms with Crippen LogP contribution in [0.5, 0.6) is 0 Å². The number of alkyl halides is 4. The molecular formula is C36H30ClF6N7O4S. The molecule has 2 aliphatic carbocycles. The van der Waals surface area contributed by atoms with E-state index in [9.17, 15) is 35.9 Å². The molecule has 0 saturated heterocycles. The number of carbonyl (C=O) groups excluding carboxylic acids is 1. The number of sulfonamides is 1. The molecule has 55 heavy (non-hydrogen) atoms. The number of nitrogens with zero attached hydrogens (tertiary/aromatic N) is 4. The molecule has 4 N–H and O–H groups in total. The lowest BCUT2D eigenvalue weighted by Gasteiger charge is -2.23. The summed E-state index contributed by atoms with van der Waals surface area (Å²) in [4.78, 5) is 18.5. The zero-order valence-electron chi connectivity index (χ0n) is 29.0. The van der Waals surface area contributed by atoms with E-state index < -0.39 is 81.3 Å². The maximum atomic E-state index is 15.3. The average Bonchev–Trinajstić information content (AvgIpc) is 3.54. The highest BCUT2D eigenvalue weighted by Gasteiger charge is 2.67. The maximum absolute atomic E-state index is 15.3. The summed E-state index contributed by atoms with van der Waals surface area (Å²) in [7, 11) is -3.82. The number of halogens is 7. The highest BCUT2D eigenvalue weighted by atomic mass is 35.5. The molecule has 7 rings (SSSR count). The Labute approximate surface area is 314 Å². The highest BCUT2D eigenvalue weighted by molar-refractivity contribution is 7.92. The minimum atomic E-state index is -3.82. The number of amides is 1. The Morgan fingerprint density at radius 1 is 1.13 bits per heavy atom. The summed E-state index contributed by atoms with van der Waals surface area (Å²) in [5.74, 6) is -3.09. The van der Waals surface area contributed by atoms with Gasteiger partial charge in [0.1, 0.15) is 40.9 Å². The zero-order valence-corrected chi connectivity index (χ0v) is 30.6. The largest absolute Gasteiger partial charge is 0.378 e. The van der Waals surface area contributed by atoms with Crippen LogP contribution in [0.4, 0.5) is 32.2 Å². The van der Waals surface area contributed by atoms with Gasteiger partial charge in [0.15, 0.2) is 5.82 Å². The van der Waals surface area contributed by atoms with Crippen molar-refractivity contribution in [3.63, 3.8) is 0 Å². The Kier molecular flexibility index (Phi) is 9.41. The van der Waals surface area contributed by atoms with Crippen molar-refractivity contribution in [1.29, 1.82) is 0 Å². The normalized spacial score (nSPS) is 17.7. The van der Waals surface area contributed by atoms with E-state index in [4.69, 9.17) is 11.6 Å². The van der Waals surface area contributed by atoms with Crippen molar-refractivity contribution in [2.24, 2.45) is 5.92 Å². The number of hydrogen-bond acceptors (Lipinski definition) is 7. The molecule has 1 fully saturated rings. The summed E-state index contributed by atoms with van der Waals surface area (Å²) in [5.41, 5.74) is -2.40. The summed E-state index contributed by atoms with van der Waals surface area (Å²) in [6, 6.07) is 7.37. The van der Waals surface area contributed by atoms with Crippen LogP contribution in [0.25, 0.3) is 22.0 Å². The molecule has 2 aliphatic rings. The van der Waals surface area contributed by atoms with E-state index in [-0.39, 0.29) is 62.7 Å². The molecule has 0 aliphatic heterocycles. The van der Waals surface area contributed by atoms with Crippen molar-refractivity contribution >= 4 is 44.3 Å². The maximum Gasteiger partial charge on any atom is 0.293 e. The van der Waals surface area contributed by atoms with Gasteiger partial charge in [-0.15, -0.1) is 0 Å². The summed E-state index contributed by atoms with van der Waals surface area (Å²) in [6.45, 7) is 1.94. The van der Waals surface area contributed by atoms with Gasteiger partial charge in [0, 0.05) is 28.7 Å². The molecular weight excluding hydrogens is 776 g/mol. The summed E-state index contributed by atoms with van der Waals surface area (Å²) < 4.78 is 115. The Morgan fingerprint density at radius 2 is 1.82 bits per heavy atom. The van der Waals surface area contributed by atoms with Crippen molar-refractivity contribution in [2.75, 3.05) is 11.0 Å². The van der Waals surface area contributed by atoms with E-state index in [0.29, 0.717) is 16.3 Å². The third-order valence-corrected chi connectivity index (χ3v) is 10.0. The predicted octanol–water partition coefficient (Wildman–Crippen LogP) is 6.49. The number of anilines is 1. The molecule has 5 aromatic rings. The lowest BCUT2D eigenvalue weighted by atomic mass is 9.93. The molecule has 3 aromatic heterocycles. The van der Waals surface area contributed by atoms with Crippen LogP contribution in [-0.4, -0.2) is 56.3 Å². The minimum absolute atomic E-state index is 0.0157. The predicted molar refractivity (Wildman–Crippen MR) is 189 cm³/mol. The number of aliphatic hydroxyl groups is 1. The van der Waals surface area contributed by atoms with Crippen LogP contribution in [0.1, 0.15) is 72.6 Å². The Balaban J connectivity index is 1.37. The minimum Gasteiger partial charge on any atom is -0.378 e. The van der Waals surface area contributed by atoms with Crippen LogP contribution in [-0.2, 0) is 33.7 Å². The standard InChI is InChI=1S/C36H30ClF6N7O4S/c1-35(2,52)9-8-19-4-5-20(21-6-7-24(37)28-30(21)46-47-34(28)49-55(3,53)54)29(44-19)25(12-16-10-17(38)13-18(39)11-16)45-26(51)15-50-32-27(31(48-50)33(40)41)22-14-23(22)36(32,42)43/h4-7,10-11,13,22-23,25,33,52H,12,14-15H2,1-3H3,(H,45,51)(H2,46,47,49)/t22-,23+,25?/m0/s1. The van der Waals surface area contributed by atoms with Gasteiger partial charge in [-0.3, -0.25) is 19.3 Å². The molecule has 1 saturated carbocycles. The number of benzene rings is 2. The molecule has 0 bridgehead atoms. The second-order valence-corrected chi connectivity index (χ2v) is 16.2. The first-order valence-electron chi connectivity index (χ1n) is 16.6. The average molecular weight is 806 g/mol. The van der Waals surface area contributed by atoms with Gasteiger partial charge in [0.25, 0.3) is 12.3 Å². The molecule has 11 nitrogen and oxygen atoms in total. The van der Waals surface area contributed by atoms with E-state index in [0.717, 1.165) is 18.4 Å². The molecule has 1 unspecified atom stereocenters. The highest BCUT2D eigenvalue weighted by Crippen LogP contribution is 2.68. The Bertz CT molecular complexity index is 2540. The van der Waals surface area contributed by atoms with Gasteiger partial charge < -0.3 is 10.4 Å². The fourth-order valence-corrected chi connectivity index (χ4v) is 7.70. The van der Waals surface area contributed by atoms with Gasteiger partial charge in [-0.05, 0) is 74.4 Å². The SMILES string of the molecule is CC(C)(O)C#Cc1ccc(-c2ccc(Cl)c3c(NS(C)(=O)=O)n[nH]c23)c(C(Cc2cc(F)cc(F)c2)NC(=O)Cn2nc(C(F)F)c3c2C(F)(F)[C@@H]2C[C@H]32)n1. The number of hydrogen-bond donors (Lipinski definition) is 4. The van der Waals surface area contributed by atoms with Crippen LogP contribution in [0.15, 0.2) is 42.5 Å². The summed E-state index contributed by atoms with van der Waals surface area (Å²) in [5, 5.41) is 23.8. The first-order chi connectivity index (χ1) is 25.7. The number of aromatic amines is 1. The second kappa shape index (κ2) is 13.6. The number of rotatable bonds is 10. The van der Waals surface area contributed by atoms with Crippen LogP contribution < -0.4 is 10.0 Å². The number of fused-ring (bicyclic) bond motifs is 4. The molecule has 3 heterocycles. The van der Waals surface area contributed by atoms with Crippen molar-refractivity contribution in [3.05, 3.63) is 93.0 Å². The van der Waals surface area contributed by atoms with E-state index in [1.165, 1.54) is 32.0 Å². The fourth-order valence-electron chi connectivity index (χ4n) is 6.96. The number of aromatic nitrogens is 5. The molecule has 1 amide bonds. The topological polar surface area (TPSA) is 155 Å². The van der Waals surface area contributed by atoms with E-state index in [2.05, 4.69) is 42.2 Å². The Morgan fingerprint density at radius 3 is 2.47 bits per heavy atom. The summed E-state index contributed by atoms with van der Waals surface area (Å²) in [6.07, 6.45) is -2.58. The van der Waals surface area contributed by atoms with E-state index in [1.54, 1.807) is 6.07 Å². The molecule has 2 aromatic carbocycles. The van der Waals surface area contributed by atoms with Gasteiger partial charge in [0.2, 0.25) is 15.9 Å². The zero-order chi connectivity index (χ0) is 39.8. The molecule has 0 spiro atoms. The molecule has 3 atom stereocenters. The van der Waals surface area contributed by atoms with Crippen molar-refractivity contribution < 1.29 is 44.7 Å². The number of pyridine rings is 1. The van der Waals surface area contributed by atoms with E-state index >= 15 is 8.78 Å². The quantitative estimate of drug-likeness (QED) is 0.0929. The van der Waals surface area contributed by atoms with Crippen LogP contribution in [0.2, 0.25) is 5.02 Å². The van der Waals surface area contributed by atoms with Crippen molar-refractivity contribution in [3.8, 4) is 23.0 Å². The van der Waals surface area contributed by atoms with Crippen LogP contribution >= 0.6 is 11.6 Å². The number of carbonyl (C=O) groups is 1. The van der Waals surface area contributed by atoms with Gasteiger partial charge in [0.05, 0.1) is 33.9 Å². The molecule has 19 heteroatoms. The third kappa shape index (κ3) is 7.60. The van der Waals surface area contributed by atoms with Gasteiger partial charge >= 0.3 is 0 Å². The van der Waals surface area contributed by atoms with Gasteiger partial charge in [-0.25, -0.2) is 31.0 Å². The van der Waals surface area contributed by atoms with Crippen molar-refractivity contribution in [1.82, 2.24) is 30.3 Å². The lowest BCUT2D eigenvalue weighted by molar-refractivity contribution is -0.123. The summed E-state index contributed by atoms with van der Waals surface area (Å²) >= 11 is 6.49. The molecule has 0 radical (unpaired) electrons. The smallest absolute Gasteiger partial charge is 0.293 e. The Hall–Kier alpha value is -5.12. The first-order valence-corrected chi connectivity index (χ1v) is 18.9. The fraction of sp³-hybridized carbons (Fsp3) is 0.333. The molecule has 288 valence electrons. The van der Waals surface area contributed by atoms with Gasteiger partial charge in [-0.2, -0.15) is 19.0 Å². The van der Waals surface area contributed by atoms with Crippen LogP contribution in [0, 0.1) is 29.4 Å². The van der Waals surface area contributed by atoms with Crippen LogP contribution in [0.3, 0.4) is 0 Å². The second-order valence-electron chi connectivity index (χ2n) is 14.0. The first kappa shape index (κ1) is 38.2. The van der Waals surface area contributed by atoms with Crippen molar-refractivity contribution in [2.45, 2.75) is 63.1 Å².